The van der Waals surface area contributed by atoms with Gasteiger partial charge in [-0.05, 0) is 81.8 Å². The molecular formula is C26H27ClO6. The summed E-state index contributed by atoms with van der Waals surface area (Å²) >= 11 is 6.20. The molecule has 1 atom stereocenters. The zero-order chi connectivity index (χ0) is 23.5. The molecular weight excluding hydrogens is 444 g/mol. The number of fused-ring (bicyclic) bond motifs is 1. The molecule has 1 unspecified atom stereocenters. The highest BCUT2D eigenvalue weighted by Crippen LogP contribution is 2.29. The lowest BCUT2D eigenvalue weighted by atomic mass is 9.98. The largest absolute Gasteiger partial charge is 0.479 e. The van der Waals surface area contributed by atoms with Crippen LogP contribution in [0.5, 0.6) is 17.2 Å². The van der Waals surface area contributed by atoms with Gasteiger partial charge in [0.2, 0.25) is 11.2 Å². The molecule has 6 nitrogen and oxygen atoms in total. The molecule has 0 saturated heterocycles. The molecule has 174 valence electrons. The van der Waals surface area contributed by atoms with Gasteiger partial charge in [0, 0.05) is 11.1 Å². The topological polar surface area (TPSA) is 75.0 Å². The van der Waals surface area contributed by atoms with Crippen molar-refractivity contribution < 1.29 is 23.4 Å². The highest BCUT2D eigenvalue weighted by atomic mass is 35.5. The molecule has 1 aliphatic carbocycles. The molecule has 0 aliphatic heterocycles. The normalized spacial score (nSPS) is 15.3. The molecule has 1 aromatic heterocycles. The van der Waals surface area contributed by atoms with Crippen LogP contribution < -0.4 is 14.9 Å². The summed E-state index contributed by atoms with van der Waals surface area (Å²) in [5, 5.41) is 1.01. The van der Waals surface area contributed by atoms with Gasteiger partial charge in [-0.25, -0.2) is 4.79 Å². The van der Waals surface area contributed by atoms with Crippen LogP contribution in [0.3, 0.4) is 0 Å². The van der Waals surface area contributed by atoms with Gasteiger partial charge >= 0.3 is 5.97 Å². The molecule has 0 radical (unpaired) electrons. The van der Waals surface area contributed by atoms with E-state index >= 15 is 0 Å². The van der Waals surface area contributed by atoms with Crippen LogP contribution in [-0.2, 0) is 9.53 Å². The van der Waals surface area contributed by atoms with E-state index in [2.05, 4.69) is 0 Å². The minimum Gasteiger partial charge on any atom is -0.479 e. The monoisotopic (exact) mass is 470 g/mol. The van der Waals surface area contributed by atoms with Crippen LogP contribution in [0, 0.1) is 13.8 Å². The maximum atomic E-state index is 12.9. The Labute approximate surface area is 197 Å². The third-order valence-electron chi connectivity index (χ3n) is 5.83. The van der Waals surface area contributed by atoms with E-state index in [1.54, 1.807) is 37.3 Å². The third kappa shape index (κ3) is 5.33. The van der Waals surface area contributed by atoms with Crippen LogP contribution in [0.25, 0.3) is 11.0 Å². The Kier molecular flexibility index (Phi) is 6.94. The number of halogens is 1. The summed E-state index contributed by atoms with van der Waals surface area (Å²) < 4.78 is 22.7. The molecule has 0 N–H and O–H groups in total. The van der Waals surface area contributed by atoms with Crippen molar-refractivity contribution >= 4 is 28.5 Å². The van der Waals surface area contributed by atoms with Gasteiger partial charge in [-0.15, -0.1) is 0 Å². The van der Waals surface area contributed by atoms with Crippen LogP contribution in [-0.4, -0.2) is 18.2 Å². The first kappa shape index (κ1) is 23.2. The molecule has 1 fully saturated rings. The molecule has 1 heterocycles. The number of benzene rings is 2. The van der Waals surface area contributed by atoms with Gasteiger partial charge in [-0.1, -0.05) is 18.0 Å². The van der Waals surface area contributed by atoms with E-state index in [4.69, 9.17) is 30.2 Å². The molecule has 0 amide bonds. The zero-order valence-electron chi connectivity index (χ0n) is 19.0. The fourth-order valence-electron chi connectivity index (χ4n) is 4.02. The van der Waals surface area contributed by atoms with Crippen molar-refractivity contribution in [3.63, 3.8) is 0 Å². The van der Waals surface area contributed by atoms with Gasteiger partial charge < -0.3 is 18.6 Å². The summed E-state index contributed by atoms with van der Waals surface area (Å²) in [4.78, 5) is 25.3. The Morgan fingerprint density at radius 2 is 1.76 bits per heavy atom. The van der Waals surface area contributed by atoms with Crippen LogP contribution >= 0.6 is 11.6 Å². The second-order valence-electron chi connectivity index (χ2n) is 8.52. The van der Waals surface area contributed by atoms with Gasteiger partial charge in [0.15, 0.2) is 6.10 Å². The average molecular weight is 471 g/mol. The van der Waals surface area contributed by atoms with Gasteiger partial charge in [-0.2, -0.15) is 0 Å². The number of carbonyl (C=O) groups excluding carboxylic acids is 1. The standard InChI is InChI=1S/C26H27ClO6/c1-15-11-20(12-16(2)24(15)27)32-23-14-30-22-13-19(9-10-21(22)25(23)28)31-17(3)26(29)33-18-7-5-4-6-8-18/h9-14,17-18H,4-8H2,1-3H3. The van der Waals surface area contributed by atoms with Crippen LogP contribution in [0.1, 0.15) is 50.2 Å². The van der Waals surface area contributed by atoms with Crippen molar-refractivity contribution in [2.75, 3.05) is 0 Å². The molecule has 1 saturated carbocycles. The maximum absolute atomic E-state index is 12.9. The van der Waals surface area contributed by atoms with E-state index in [9.17, 15) is 9.59 Å². The fourth-order valence-corrected chi connectivity index (χ4v) is 4.13. The number of carbonyl (C=O) groups is 1. The number of esters is 1. The molecule has 4 rings (SSSR count). The van der Waals surface area contributed by atoms with E-state index in [-0.39, 0.29) is 23.3 Å². The number of hydrogen-bond acceptors (Lipinski definition) is 6. The average Bonchev–Trinajstić information content (AvgIpc) is 2.80. The number of rotatable bonds is 6. The number of ether oxygens (including phenoxy) is 3. The quantitative estimate of drug-likeness (QED) is 0.383. The first-order valence-electron chi connectivity index (χ1n) is 11.2. The summed E-state index contributed by atoms with van der Waals surface area (Å²) in [6.07, 6.45) is 5.63. The lowest BCUT2D eigenvalue weighted by molar-refractivity contribution is -0.158. The van der Waals surface area contributed by atoms with E-state index < -0.39 is 6.10 Å². The Morgan fingerprint density at radius 3 is 2.45 bits per heavy atom. The van der Waals surface area contributed by atoms with Gasteiger partial charge in [0.1, 0.15) is 29.4 Å². The maximum Gasteiger partial charge on any atom is 0.347 e. The van der Waals surface area contributed by atoms with Crippen molar-refractivity contribution in [3.05, 3.63) is 63.0 Å². The van der Waals surface area contributed by atoms with Crippen molar-refractivity contribution in [3.8, 4) is 17.2 Å². The van der Waals surface area contributed by atoms with Gasteiger partial charge in [0.25, 0.3) is 0 Å². The van der Waals surface area contributed by atoms with Gasteiger partial charge in [-0.3, -0.25) is 4.79 Å². The molecule has 0 bridgehead atoms. The predicted octanol–water partition coefficient (Wildman–Crippen LogP) is 6.50. The third-order valence-corrected chi connectivity index (χ3v) is 6.43. The highest BCUT2D eigenvalue weighted by Gasteiger charge is 2.23. The Bertz CT molecular complexity index is 1200. The number of hydrogen-bond donors (Lipinski definition) is 0. The summed E-state index contributed by atoms with van der Waals surface area (Å²) in [5.74, 6) is 0.602. The Balaban J connectivity index is 1.48. The zero-order valence-corrected chi connectivity index (χ0v) is 19.7. The first-order valence-corrected chi connectivity index (χ1v) is 11.6. The Hall–Kier alpha value is -2.99. The van der Waals surface area contributed by atoms with E-state index in [1.807, 2.05) is 13.8 Å². The van der Waals surface area contributed by atoms with Crippen molar-refractivity contribution in [1.82, 2.24) is 0 Å². The number of aryl methyl sites for hydroxylation is 2. The molecule has 3 aromatic rings. The summed E-state index contributed by atoms with van der Waals surface area (Å²) in [5.41, 5.74) is 1.74. The second kappa shape index (κ2) is 9.87. The molecule has 7 heteroatoms. The summed E-state index contributed by atoms with van der Waals surface area (Å²) in [6.45, 7) is 5.40. The highest BCUT2D eigenvalue weighted by molar-refractivity contribution is 6.32. The molecule has 2 aromatic carbocycles. The van der Waals surface area contributed by atoms with E-state index in [0.29, 0.717) is 27.5 Å². The lowest BCUT2D eigenvalue weighted by Gasteiger charge is -2.23. The van der Waals surface area contributed by atoms with Crippen LogP contribution in [0.4, 0.5) is 0 Å². The fraction of sp³-hybridized carbons (Fsp3) is 0.385. The summed E-state index contributed by atoms with van der Waals surface area (Å²) in [6, 6.07) is 8.35. The van der Waals surface area contributed by atoms with Crippen molar-refractivity contribution in [2.24, 2.45) is 0 Å². The lowest BCUT2D eigenvalue weighted by Crippen LogP contribution is -2.31. The second-order valence-corrected chi connectivity index (χ2v) is 8.90. The van der Waals surface area contributed by atoms with Crippen LogP contribution in [0.2, 0.25) is 5.02 Å². The minimum absolute atomic E-state index is 0.0291. The molecule has 0 spiro atoms. The first-order chi connectivity index (χ1) is 15.8. The molecule has 1 aliphatic rings. The van der Waals surface area contributed by atoms with E-state index in [0.717, 1.165) is 36.8 Å². The molecule has 33 heavy (non-hydrogen) atoms. The minimum atomic E-state index is -0.768. The van der Waals surface area contributed by atoms with Crippen molar-refractivity contribution in [2.45, 2.75) is 65.1 Å². The Morgan fingerprint density at radius 1 is 1.06 bits per heavy atom. The smallest absolute Gasteiger partial charge is 0.347 e. The van der Waals surface area contributed by atoms with Gasteiger partial charge in [0.05, 0.1) is 5.39 Å². The predicted molar refractivity (Wildman–Crippen MR) is 127 cm³/mol. The van der Waals surface area contributed by atoms with E-state index in [1.165, 1.54) is 12.7 Å². The van der Waals surface area contributed by atoms with Crippen LogP contribution in [0.15, 0.2) is 45.8 Å². The van der Waals surface area contributed by atoms with Crippen molar-refractivity contribution in [1.29, 1.82) is 0 Å². The SMILES string of the molecule is Cc1cc(Oc2coc3cc(OC(C)C(=O)OC4CCCCC4)ccc3c2=O)cc(C)c1Cl. The summed E-state index contributed by atoms with van der Waals surface area (Å²) in [7, 11) is 0.